The van der Waals surface area contributed by atoms with Crippen LogP contribution in [0.3, 0.4) is 0 Å². The predicted molar refractivity (Wildman–Crippen MR) is 106 cm³/mol. The third-order valence-electron chi connectivity index (χ3n) is 4.35. The summed E-state index contributed by atoms with van der Waals surface area (Å²) in [7, 11) is 0. The molecule has 0 spiro atoms. The van der Waals surface area contributed by atoms with Crippen LogP contribution in [0.1, 0.15) is 28.2 Å². The van der Waals surface area contributed by atoms with Gasteiger partial charge in [-0.15, -0.1) is 0 Å². The molecule has 3 aromatic rings. The van der Waals surface area contributed by atoms with Crippen molar-refractivity contribution in [2.45, 2.75) is 18.5 Å². The molecule has 0 aliphatic carbocycles. The second kappa shape index (κ2) is 8.45. The van der Waals surface area contributed by atoms with Crippen LogP contribution in [0.4, 0.5) is 13.2 Å². The standard InChI is InChI=1S/C23H18ClF3/c24-21-14-12-18(13-15-21)7-6-17-8-10-19(11-9-17)16-22(23(25,26)27)20-4-2-1-3-5-20/h1-15,22H,16H2/t22-/m0/s1. The summed E-state index contributed by atoms with van der Waals surface area (Å²) in [5.74, 6) is -1.51. The van der Waals surface area contributed by atoms with E-state index in [2.05, 4.69) is 0 Å². The molecule has 1 atom stereocenters. The van der Waals surface area contributed by atoms with Crippen molar-refractivity contribution in [3.05, 3.63) is 106 Å². The van der Waals surface area contributed by atoms with E-state index in [1.165, 1.54) is 12.1 Å². The molecule has 0 bridgehead atoms. The highest BCUT2D eigenvalue weighted by Crippen LogP contribution is 2.37. The van der Waals surface area contributed by atoms with Gasteiger partial charge in [-0.1, -0.05) is 90.5 Å². The lowest BCUT2D eigenvalue weighted by Gasteiger charge is -2.21. The number of alkyl halides is 3. The Bertz CT molecular complexity index is 880. The average molecular weight is 387 g/mol. The third-order valence-corrected chi connectivity index (χ3v) is 4.61. The predicted octanol–water partition coefficient (Wildman–Crippen LogP) is 7.40. The van der Waals surface area contributed by atoms with Crippen LogP contribution in [-0.4, -0.2) is 6.18 Å². The van der Waals surface area contributed by atoms with Gasteiger partial charge >= 0.3 is 6.18 Å². The van der Waals surface area contributed by atoms with E-state index >= 15 is 0 Å². The van der Waals surface area contributed by atoms with E-state index < -0.39 is 12.1 Å². The Balaban J connectivity index is 1.73. The quantitative estimate of drug-likeness (QED) is 0.401. The molecular weight excluding hydrogens is 369 g/mol. The number of rotatable bonds is 5. The second-order valence-electron chi connectivity index (χ2n) is 6.34. The summed E-state index contributed by atoms with van der Waals surface area (Å²) in [5, 5.41) is 0.675. The van der Waals surface area contributed by atoms with Crippen LogP contribution < -0.4 is 0 Å². The maximum atomic E-state index is 13.5. The molecule has 0 heterocycles. The zero-order valence-electron chi connectivity index (χ0n) is 14.5. The number of halogens is 4. The lowest BCUT2D eigenvalue weighted by Crippen LogP contribution is -2.22. The van der Waals surface area contributed by atoms with E-state index in [4.69, 9.17) is 11.6 Å². The normalized spacial score (nSPS) is 13.0. The fourth-order valence-electron chi connectivity index (χ4n) is 2.87. The molecule has 0 amide bonds. The Labute approximate surface area is 161 Å². The average Bonchev–Trinajstić information content (AvgIpc) is 2.66. The Morgan fingerprint density at radius 1 is 0.741 bits per heavy atom. The summed E-state index contributed by atoms with van der Waals surface area (Å²) in [6, 6.07) is 22.7. The third kappa shape index (κ3) is 5.48. The lowest BCUT2D eigenvalue weighted by molar-refractivity contribution is -0.150. The Morgan fingerprint density at radius 2 is 1.26 bits per heavy atom. The molecule has 0 radical (unpaired) electrons. The molecule has 0 aliphatic heterocycles. The van der Waals surface area contributed by atoms with E-state index in [9.17, 15) is 13.2 Å². The van der Waals surface area contributed by atoms with Crippen LogP contribution in [0.2, 0.25) is 5.02 Å². The smallest absolute Gasteiger partial charge is 0.170 e. The van der Waals surface area contributed by atoms with Gasteiger partial charge < -0.3 is 0 Å². The molecule has 0 fully saturated rings. The van der Waals surface area contributed by atoms with Crippen molar-refractivity contribution in [3.8, 4) is 0 Å². The molecule has 0 aliphatic rings. The zero-order chi connectivity index (χ0) is 19.3. The summed E-state index contributed by atoms with van der Waals surface area (Å²) >= 11 is 5.86. The fourth-order valence-corrected chi connectivity index (χ4v) is 3.00. The van der Waals surface area contributed by atoms with Gasteiger partial charge in [-0.05, 0) is 40.8 Å². The summed E-state index contributed by atoms with van der Waals surface area (Å²) < 4.78 is 40.5. The Kier molecular flexibility index (Phi) is 6.02. The van der Waals surface area contributed by atoms with E-state index in [-0.39, 0.29) is 12.0 Å². The van der Waals surface area contributed by atoms with Gasteiger partial charge in [0.2, 0.25) is 0 Å². The lowest BCUT2D eigenvalue weighted by atomic mass is 9.91. The number of hydrogen-bond donors (Lipinski definition) is 0. The monoisotopic (exact) mass is 386 g/mol. The van der Waals surface area contributed by atoms with Gasteiger partial charge in [0.15, 0.2) is 0 Å². The summed E-state index contributed by atoms with van der Waals surface area (Å²) in [6.45, 7) is 0. The minimum atomic E-state index is -4.28. The zero-order valence-corrected chi connectivity index (χ0v) is 15.2. The minimum absolute atomic E-state index is 0.0747. The largest absolute Gasteiger partial charge is 0.396 e. The van der Waals surface area contributed by atoms with Crippen molar-refractivity contribution < 1.29 is 13.2 Å². The highest BCUT2D eigenvalue weighted by Gasteiger charge is 2.40. The summed E-state index contributed by atoms with van der Waals surface area (Å²) in [5.41, 5.74) is 2.88. The van der Waals surface area contributed by atoms with Gasteiger partial charge in [0.1, 0.15) is 0 Å². The van der Waals surface area contributed by atoms with Crippen LogP contribution in [-0.2, 0) is 6.42 Å². The first-order chi connectivity index (χ1) is 12.9. The molecule has 0 unspecified atom stereocenters. The molecule has 0 saturated heterocycles. The Morgan fingerprint density at radius 3 is 1.78 bits per heavy atom. The van der Waals surface area contributed by atoms with Crippen LogP contribution in [0.5, 0.6) is 0 Å². The topological polar surface area (TPSA) is 0 Å². The molecule has 3 aromatic carbocycles. The van der Waals surface area contributed by atoms with Gasteiger partial charge in [0, 0.05) is 5.02 Å². The SMILES string of the molecule is FC(F)(F)[C@@H](Cc1ccc(C=Cc2ccc(Cl)cc2)cc1)c1ccccc1. The number of hydrogen-bond acceptors (Lipinski definition) is 0. The Hall–Kier alpha value is -2.52. The molecular formula is C23H18ClF3. The highest BCUT2D eigenvalue weighted by atomic mass is 35.5. The van der Waals surface area contributed by atoms with Crippen molar-refractivity contribution in [1.82, 2.24) is 0 Å². The van der Waals surface area contributed by atoms with Gasteiger partial charge in [0.25, 0.3) is 0 Å². The molecule has 0 N–H and O–H groups in total. The molecule has 138 valence electrons. The van der Waals surface area contributed by atoms with Crippen molar-refractivity contribution >= 4 is 23.8 Å². The first kappa shape index (κ1) is 19.2. The first-order valence-corrected chi connectivity index (χ1v) is 8.94. The fraction of sp³-hybridized carbons (Fsp3) is 0.130. The highest BCUT2D eigenvalue weighted by molar-refractivity contribution is 6.30. The number of benzene rings is 3. The van der Waals surface area contributed by atoms with E-state index in [0.29, 0.717) is 10.6 Å². The summed E-state index contributed by atoms with van der Waals surface area (Å²) in [6.07, 6.45) is -0.498. The molecule has 4 heteroatoms. The molecule has 3 rings (SSSR count). The molecule has 0 aromatic heterocycles. The van der Waals surface area contributed by atoms with Crippen molar-refractivity contribution in [1.29, 1.82) is 0 Å². The second-order valence-corrected chi connectivity index (χ2v) is 6.77. The van der Waals surface area contributed by atoms with Gasteiger partial charge in [-0.3, -0.25) is 0 Å². The van der Waals surface area contributed by atoms with Gasteiger partial charge in [-0.25, -0.2) is 0 Å². The van der Waals surface area contributed by atoms with E-state index in [0.717, 1.165) is 11.1 Å². The van der Waals surface area contributed by atoms with Crippen LogP contribution in [0.15, 0.2) is 78.9 Å². The van der Waals surface area contributed by atoms with Crippen LogP contribution >= 0.6 is 11.6 Å². The van der Waals surface area contributed by atoms with E-state index in [1.54, 1.807) is 30.3 Å². The van der Waals surface area contributed by atoms with Crippen LogP contribution in [0.25, 0.3) is 12.2 Å². The van der Waals surface area contributed by atoms with Gasteiger partial charge in [-0.2, -0.15) is 13.2 Å². The summed E-state index contributed by atoms with van der Waals surface area (Å²) in [4.78, 5) is 0. The van der Waals surface area contributed by atoms with Crippen LogP contribution in [0, 0.1) is 0 Å². The van der Waals surface area contributed by atoms with Gasteiger partial charge in [0.05, 0.1) is 5.92 Å². The van der Waals surface area contributed by atoms with Crippen molar-refractivity contribution in [3.63, 3.8) is 0 Å². The maximum Gasteiger partial charge on any atom is 0.396 e. The minimum Gasteiger partial charge on any atom is -0.170 e. The molecule has 0 saturated carbocycles. The van der Waals surface area contributed by atoms with Crippen molar-refractivity contribution in [2.24, 2.45) is 0 Å². The maximum absolute atomic E-state index is 13.5. The first-order valence-electron chi connectivity index (χ1n) is 8.56. The van der Waals surface area contributed by atoms with Crippen molar-refractivity contribution in [2.75, 3.05) is 0 Å². The van der Waals surface area contributed by atoms with E-state index in [1.807, 2.05) is 48.6 Å². The molecule has 27 heavy (non-hydrogen) atoms. The molecule has 0 nitrogen and oxygen atoms in total.